The molecule has 0 amide bonds. The molecule has 2 aromatic carbocycles. The molecule has 3 aromatic rings. The number of rotatable bonds is 0. The highest BCUT2D eigenvalue weighted by atomic mass is 16.5. The summed E-state index contributed by atoms with van der Waals surface area (Å²) in [7, 11) is 0. The second-order valence-electron chi connectivity index (χ2n) is 5.01. The summed E-state index contributed by atoms with van der Waals surface area (Å²) in [5.41, 5.74) is 0.285. The van der Waals surface area contributed by atoms with Crippen LogP contribution in [0.5, 0.6) is 23.0 Å². The maximum absolute atomic E-state index is 12.7. The van der Waals surface area contributed by atoms with Gasteiger partial charge < -0.3 is 24.5 Å². The number of ether oxygens (including phenoxy) is 1. The Morgan fingerprint density at radius 2 is 1.86 bits per heavy atom. The van der Waals surface area contributed by atoms with E-state index in [0.29, 0.717) is 5.56 Å². The van der Waals surface area contributed by atoms with Gasteiger partial charge in [0.1, 0.15) is 29.1 Å². The molecule has 0 saturated carbocycles. The Kier molecular flexibility index (Phi) is 2.39. The SMILES string of the molecule is O=c1c2c(oc3cc(O)cc(O)c13)COc1c(O)cccc1-2. The van der Waals surface area contributed by atoms with E-state index in [9.17, 15) is 20.1 Å². The first-order chi connectivity index (χ1) is 10.6. The average molecular weight is 298 g/mol. The quantitative estimate of drug-likeness (QED) is 0.589. The number of fused-ring (bicyclic) bond motifs is 4. The molecule has 0 unspecified atom stereocenters. The Morgan fingerprint density at radius 3 is 2.68 bits per heavy atom. The predicted molar refractivity (Wildman–Crippen MR) is 77.2 cm³/mol. The van der Waals surface area contributed by atoms with E-state index in [4.69, 9.17) is 9.15 Å². The molecule has 3 N–H and O–H groups in total. The summed E-state index contributed by atoms with van der Waals surface area (Å²) in [6, 6.07) is 7.02. The second-order valence-corrected chi connectivity index (χ2v) is 5.01. The lowest BCUT2D eigenvalue weighted by molar-refractivity contribution is 0.255. The van der Waals surface area contributed by atoms with E-state index < -0.39 is 5.43 Å². The number of benzene rings is 2. The lowest BCUT2D eigenvalue weighted by Crippen LogP contribution is -2.15. The number of hydrogen-bond donors (Lipinski definition) is 3. The molecule has 6 nitrogen and oxygen atoms in total. The lowest BCUT2D eigenvalue weighted by atomic mass is 9.99. The van der Waals surface area contributed by atoms with Crippen LogP contribution in [0, 0.1) is 0 Å². The van der Waals surface area contributed by atoms with Gasteiger partial charge in [-0.15, -0.1) is 0 Å². The highest BCUT2D eigenvalue weighted by Gasteiger charge is 2.27. The van der Waals surface area contributed by atoms with Gasteiger partial charge in [0.15, 0.2) is 17.3 Å². The Balaban J connectivity index is 2.16. The molecule has 0 spiro atoms. The van der Waals surface area contributed by atoms with E-state index >= 15 is 0 Å². The number of phenolic OH excluding ortho intramolecular Hbond substituents is 3. The van der Waals surface area contributed by atoms with Crippen molar-refractivity contribution in [2.75, 3.05) is 0 Å². The molecule has 110 valence electrons. The molecular weight excluding hydrogens is 288 g/mol. The van der Waals surface area contributed by atoms with Crippen molar-refractivity contribution in [3.63, 3.8) is 0 Å². The molecule has 0 aliphatic carbocycles. The van der Waals surface area contributed by atoms with Crippen LogP contribution >= 0.6 is 0 Å². The number of para-hydroxylation sites is 1. The van der Waals surface area contributed by atoms with Crippen molar-refractivity contribution in [1.82, 2.24) is 0 Å². The van der Waals surface area contributed by atoms with E-state index in [0.717, 1.165) is 6.07 Å². The fourth-order valence-electron chi connectivity index (χ4n) is 2.72. The van der Waals surface area contributed by atoms with Crippen LogP contribution in [0.25, 0.3) is 22.1 Å². The first kappa shape index (κ1) is 12.6. The topological polar surface area (TPSA) is 100 Å². The highest BCUT2D eigenvalue weighted by Crippen LogP contribution is 2.43. The first-order valence-corrected chi connectivity index (χ1v) is 6.53. The number of hydrogen-bond acceptors (Lipinski definition) is 6. The lowest BCUT2D eigenvalue weighted by Gasteiger charge is -2.20. The van der Waals surface area contributed by atoms with Crippen LogP contribution in [0.3, 0.4) is 0 Å². The van der Waals surface area contributed by atoms with Crippen molar-refractivity contribution >= 4 is 11.0 Å². The van der Waals surface area contributed by atoms with Gasteiger partial charge in [0, 0.05) is 17.7 Å². The van der Waals surface area contributed by atoms with E-state index in [2.05, 4.69) is 0 Å². The minimum atomic E-state index is -0.441. The zero-order valence-corrected chi connectivity index (χ0v) is 11.2. The summed E-state index contributed by atoms with van der Waals surface area (Å²) < 4.78 is 11.0. The number of phenols is 3. The van der Waals surface area contributed by atoms with Crippen molar-refractivity contribution in [2.45, 2.75) is 6.61 Å². The monoisotopic (exact) mass is 298 g/mol. The second kappa shape index (κ2) is 4.17. The molecule has 0 radical (unpaired) electrons. The molecule has 4 rings (SSSR count). The van der Waals surface area contributed by atoms with E-state index in [1.165, 1.54) is 12.1 Å². The maximum Gasteiger partial charge on any atom is 0.204 e. The van der Waals surface area contributed by atoms with Gasteiger partial charge in [-0.05, 0) is 6.07 Å². The smallest absolute Gasteiger partial charge is 0.204 e. The van der Waals surface area contributed by atoms with Crippen LogP contribution in [0.4, 0.5) is 0 Å². The summed E-state index contributed by atoms with van der Waals surface area (Å²) in [5, 5.41) is 29.3. The van der Waals surface area contributed by atoms with Gasteiger partial charge in [-0.3, -0.25) is 4.79 Å². The van der Waals surface area contributed by atoms with Crippen LogP contribution in [0.1, 0.15) is 5.76 Å². The Hall–Kier alpha value is -3.15. The molecule has 2 heterocycles. The zero-order valence-electron chi connectivity index (χ0n) is 11.2. The third kappa shape index (κ3) is 1.57. The Morgan fingerprint density at radius 1 is 1.05 bits per heavy atom. The van der Waals surface area contributed by atoms with Crippen molar-refractivity contribution in [1.29, 1.82) is 0 Å². The van der Waals surface area contributed by atoms with Gasteiger partial charge in [-0.2, -0.15) is 0 Å². The van der Waals surface area contributed by atoms with Gasteiger partial charge in [0.2, 0.25) is 5.43 Å². The van der Waals surface area contributed by atoms with Gasteiger partial charge in [-0.1, -0.05) is 12.1 Å². The fraction of sp³-hybridized carbons (Fsp3) is 0.0625. The van der Waals surface area contributed by atoms with Gasteiger partial charge in [0.25, 0.3) is 0 Å². The maximum atomic E-state index is 12.7. The summed E-state index contributed by atoms with van der Waals surface area (Å²) in [5.74, 6) is -0.152. The van der Waals surface area contributed by atoms with Crippen molar-refractivity contribution in [3.8, 4) is 34.1 Å². The first-order valence-electron chi connectivity index (χ1n) is 6.53. The zero-order chi connectivity index (χ0) is 15.4. The molecule has 0 atom stereocenters. The summed E-state index contributed by atoms with van der Waals surface area (Å²) in [6.45, 7) is -0.0263. The summed E-state index contributed by atoms with van der Waals surface area (Å²) in [4.78, 5) is 12.7. The van der Waals surface area contributed by atoms with Crippen LogP contribution in [-0.4, -0.2) is 15.3 Å². The van der Waals surface area contributed by atoms with Crippen molar-refractivity contribution in [2.24, 2.45) is 0 Å². The average Bonchev–Trinajstić information content (AvgIpc) is 2.46. The van der Waals surface area contributed by atoms with Crippen molar-refractivity contribution in [3.05, 3.63) is 46.3 Å². The molecule has 22 heavy (non-hydrogen) atoms. The molecule has 0 saturated heterocycles. The third-order valence-electron chi connectivity index (χ3n) is 3.64. The van der Waals surface area contributed by atoms with Crippen LogP contribution in [-0.2, 0) is 6.61 Å². The summed E-state index contributed by atoms with van der Waals surface area (Å²) >= 11 is 0. The minimum absolute atomic E-state index is 0.0206. The van der Waals surface area contributed by atoms with Crippen LogP contribution in [0.2, 0.25) is 0 Å². The predicted octanol–water partition coefficient (Wildman–Crippen LogP) is 2.47. The fourth-order valence-corrected chi connectivity index (χ4v) is 2.72. The Labute approximate surface area is 123 Å². The molecule has 6 heteroatoms. The van der Waals surface area contributed by atoms with Crippen LogP contribution < -0.4 is 10.2 Å². The molecular formula is C16H10O6. The Bertz CT molecular complexity index is 986. The van der Waals surface area contributed by atoms with Gasteiger partial charge in [-0.25, -0.2) is 0 Å². The third-order valence-corrected chi connectivity index (χ3v) is 3.64. The van der Waals surface area contributed by atoms with E-state index in [1.54, 1.807) is 12.1 Å². The van der Waals surface area contributed by atoms with E-state index in [-0.39, 0.29) is 51.9 Å². The molecule has 1 aliphatic rings. The van der Waals surface area contributed by atoms with Gasteiger partial charge >= 0.3 is 0 Å². The molecule has 0 fully saturated rings. The largest absolute Gasteiger partial charge is 0.508 e. The standard InChI is InChI=1S/C16H10O6/c17-7-4-10(19)14-11(5-7)22-12-6-21-16-8(13(12)15(14)20)2-1-3-9(16)18/h1-5,17-19H,6H2. The van der Waals surface area contributed by atoms with Crippen molar-refractivity contribution < 1.29 is 24.5 Å². The van der Waals surface area contributed by atoms with Gasteiger partial charge in [0.05, 0.1) is 5.56 Å². The number of aromatic hydroxyl groups is 3. The molecule has 1 aromatic heterocycles. The van der Waals surface area contributed by atoms with Crippen LogP contribution in [0.15, 0.2) is 39.5 Å². The summed E-state index contributed by atoms with van der Waals surface area (Å²) in [6.07, 6.45) is 0. The van der Waals surface area contributed by atoms with E-state index in [1.807, 2.05) is 0 Å². The molecule has 0 bridgehead atoms. The minimum Gasteiger partial charge on any atom is -0.508 e. The molecule has 1 aliphatic heterocycles. The highest BCUT2D eigenvalue weighted by molar-refractivity contribution is 5.90. The normalized spacial score (nSPS) is 12.5.